The van der Waals surface area contributed by atoms with Gasteiger partial charge in [-0.25, -0.2) is 14.8 Å². The van der Waals surface area contributed by atoms with Gasteiger partial charge in [0.2, 0.25) is 0 Å². The highest BCUT2D eigenvalue weighted by Gasteiger charge is 2.32. The summed E-state index contributed by atoms with van der Waals surface area (Å²) in [5.74, 6) is 0.591. The molecule has 4 N–H and O–H groups in total. The molecule has 1 atom stereocenters. The maximum atomic E-state index is 13.5. The van der Waals surface area contributed by atoms with Crippen molar-refractivity contribution >= 4 is 22.7 Å². The maximum Gasteiger partial charge on any atom is 0.335 e. The molecule has 0 amide bonds. The first-order valence-electron chi connectivity index (χ1n) is 11.4. The summed E-state index contributed by atoms with van der Waals surface area (Å²) < 4.78 is 3.15. The molecule has 0 spiro atoms. The largest absolute Gasteiger partial charge is 0.382 e. The van der Waals surface area contributed by atoms with Crippen LogP contribution in [0.5, 0.6) is 0 Å². The molecule has 2 aromatic heterocycles. The van der Waals surface area contributed by atoms with Crippen LogP contribution in [0.1, 0.15) is 64.7 Å². The summed E-state index contributed by atoms with van der Waals surface area (Å²) in [5.41, 5.74) is 13.8. The SMILES string of the molecule is C=C/C=C(\C=C)n1c(=O)n(CC(C)(N)C2CCCCCCCCC2)c2ncnc(N)c21. The minimum absolute atomic E-state index is 0.244. The number of nitrogens with zero attached hydrogens (tertiary/aromatic N) is 4. The van der Waals surface area contributed by atoms with Gasteiger partial charge in [-0.2, -0.15) is 0 Å². The molecular weight excluding hydrogens is 388 g/mol. The van der Waals surface area contributed by atoms with Crippen LogP contribution in [0.4, 0.5) is 5.82 Å². The van der Waals surface area contributed by atoms with Gasteiger partial charge in [0, 0.05) is 12.1 Å². The van der Waals surface area contributed by atoms with Crippen LogP contribution in [0.25, 0.3) is 16.9 Å². The van der Waals surface area contributed by atoms with E-state index >= 15 is 0 Å². The molecule has 3 rings (SSSR count). The minimum Gasteiger partial charge on any atom is -0.382 e. The summed E-state index contributed by atoms with van der Waals surface area (Å²) in [7, 11) is 0. The number of anilines is 1. The van der Waals surface area contributed by atoms with Gasteiger partial charge in [-0.15, -0.1) is 0 Å². The van der Waals surface area contributed by atoms with Gasteiger partial charge in [0.1, 0.15) is 11.8 Å². The zero-order valence-electron chi connectivity index (χ0n) is 18.7. The molecule has 31 heavy (non-hydrogen) atoms. The zero-order chi connectivity index (χ0) is 22.4. The van der Waals surface area contributed by atoms with Gasteiger partial charge in [0.15, 0.2) is 11.5 Å². The van der Waals surface area contributed by atoms with E-state index < -0.39 is 5.54 Å². The summed E-state index contributed by atoms with van der Waals surface area (Å²) >= 11 is 0. The van der Waals surface area contributed by atoms with E-state index in [1.54, 1.807) is 22.8 Å². The highest BCUT2D eigenvalue weighted by Crippen LogP contribution is 2.31. The van der Waals surface area contributed by atoms with Crippen molar-refractivity contribution in [3.05, 3.63) is 48.2 Å². The van der Waals surface area contributed by atoms with Crippen molar-refractivity contribution in [2.45, 2.75) is 76.8 Å². The third-order valence-electron chi connectivity index (χ3n) is 6.53. The quantitative estimate of drug-likeness (QED) is 0.675. The van der Waals surface area contributed by atoms with Gasteiger partial charge in [-0.3, -0.25) is 9.13 Å². The first-order valence-corrected chi connectivity index (χ1v) is 11.4. The molecule has 1 aliphatic rings. The number of nitrogens with two attached hydrogens (primary N) is 2. The molecule has 2 heterocycles. The molecular formula is C24H36N6O. The molecule has 0 aromatic carbocycles. The number of rotatable bonds is 6. The number of imidazole rings is 1. The molecule has 1 fully saturated rings. The van der Waals surface area contributed by atoms with Crippen LogP contribution in [0.3, 0.4) is 0 Å². The molecule has 7 nitrogen and oxygen atoms in total. The minimum atomic E-state index is -0.543. The fourth-order valence-electron chi connectivity index (χ4n) is 4.78. The monoisotopic (exact) mass is 424 g/mol. The van der Waals surface area contributed by atoms with E-state index in [1.807, 2.05) is 0 Å². The Hall–Kier alpha value is -2.67. The van der Waals surface area contributed by atoms with Crippen molar-refractivity contribution in [3.8, 4) is 0 Å². The number of hydrogen-bond acceptors (Lipinski definition) is 5. The molecule has 2 aromatic rings. The van der Waals surface area contributed by atoms with Gasteiger partial charge in [-0.05, 0) is 37.8 Å². The lowest BCUT2D eigenvalue weighted by molar-refractivity contribution is 0.217. The standard InChI is InChI=1S/C24H36N6O/c1-4-13-19(5-2)30-20-21(25)27-17-28-22(20)29(23(30)31)16-24(3,26)18-14-11-9-7-6-8-10-12-15-18/h4-5,13,17-18H,1-2,6-12,14-16,26H2,3H3,(H2,25,27,28)/b19-13+. The van der Waals surface area contributed by atoms with Crippen molar-refractivity contribution in [3.63, 3.8) is 0 Å². The van der Waals surface area contributed by atoms with E-state index in [2.05, 4.69) is 30.0 Å². The molecule has 1 unspecified atom stereocenters. The Morgan fingerprint density at radius 3 is 2.35 bits per heavy atom. The molecule has 0 radical (unpaired) electrons. The fraction of sp³-hybridized carbons (Fsp3) is 0.542. The Balaban J connectivity index is 2.04. The Morgan fingerprint density at radius 2 is 1.77 bits per heavy atom. The van der Waals surface area contributed by atoms with E-state index in [0.29, 0.717) is 29.3 Å². The van der Waals surface area contributed by atoms with E-state index in [-0.39, 0.29) is 11.5 Å². The number of nitrogen functional groups attached to an aromatic ring is 1. The van der Waals surface area contributed by atoms with Gasteiger partial charge >= 0.3 is 5.69 Å². The second-order valence-electron chi connectivity index (χ2n) is 8.92. The van der Waals surface area contributed by atoms with Crippen molar-refractivity contribution in [2.75, 3.05) is 5.73 Å². The number of aromatic nitrogens is 4. The zero-order valence-corrected chi connectivity index (χ0v) is 18.7. The van der Waals surface area contributed by atoms with Crippen LogP contribution < -0.4 is 17.2 Å². The highest BCUT2D eigenvalue weighted by atomic mass is 16.1. The lowest BCUT2D eigenvalue weighted by atomic mass is 9.78. The van der Waals surface area contributed by atoms with Gasteiger partial charge < -0.3 is 11.5 Å². The predicted molar refractivity (Wildman–Crippen MR) is 129 cm³/mol. The number of fused-ring (bicyclic) bond motifs is 1. The van der Waals surface area contributed by atoms with Crippen LogP contribution in [0.15, 0.2) is 42.5 Å². The summed E-state index contributed by atoms with van der Waals surface area (Å²) in [6, 6.07) is 0. The Labute approximate surface area is 184 Å². The van der Waals surface area contributed by atoms with Crippen molar-refractivity contribution in [1.82, 2.24) is 19.1 Å². The van der Waals surface area contributed by atoms with E-state index in [4.69, 9.17) is 11.5 Å². The van der Waals surface area contributed by atoms with Crippen LogP contribution in [-0.2, 0) is 6.54 Å². The van der Waals surface area contributed by atoms with Crippen molar-refractivity contribution < 1.29 is 0 Å². The molecule has 0 saturated heterocycles. The lowest BCUT2D eigenvalue weighted by Gasteiger charge is -2.35. The van der Waals surface area contributed by atoms with Crippen LogP contribution in [0.2, 0.25) is 0 Å². The molecule has 7 heteroatoms. The van der Waals surface area contributed by atoms with Crippen molar-refractivity contribution in [2.24, 2.45) is 11.7 Å². The lowest BCUT2D eigenvalue weighted by Crippen LogP contribution is -2.49. The summed E-state index contributed by atoms with van der Waals surface area (Å²) in [5, 5.41) is 0. The van der Waals surface area contributed by atoms with E-state index in [0.717, 1.165) is 12.8 Å². The topological polar surface area (TPSA) is 105 Å². The molecule has 0 aliphatic heterocycles. The first kappa shape index (κ1) is 23.0. The summed E-state index contributed by atoms with van der Waals surface area (Å²) in [4.78, 5) is 22.0. The second-order valence-corrected chi connectivity index (χ2v) is 8.92. The molecule has 168 valence electrons. The average Bonchev–Trinajstić information content (AvgIpc) is 3.02. The fourth-order valence-corrected chi connectivity index (χ4v) is 4.78. The van der Waals surface area contributed by atoms with E-state index in [1.165, 1.54) is 55.8 Å². The van der Waals surface area contributed by atoms with Gasteiger partial charge in [0.05, 0.1) is 5.70 Å². The predicted octanol–water partition coefficient (Wildman–Crippen LogP) is 4.25. The van der Waals surface area contributed by atoms with Crippen molar-refractivity contribution in [1.29, 1.82) is 0 Å². The van der Waals surface area contributed by atoms with Gasteiger partial charge in [0.25, 0.3) is 0 Å². The van der Waals surface area contributed by atoms with E-state index in [9.17, 15) is 4.79 Å². The molecule has 1 aliphatic carbocycles. The Morgan fingerprint density at radius 1 is 1.16 bits per heavy atom. The average molecular weight is 425 g/mol. The summed E-state index contributed by atoms with van der Waals surface area (Å²) in [6.45, 7) is 10.0. The Kier molecular flexibility index (Phi) is 7.49. The number of hydrogen-bond donors (Lipinski definition) is 2. The number of allylic oxidation sites excluding steroid dienone is 4. The smallest absolute Gasteiger partial charge is 0.335 e. The third kappa shape index (κ3) is 4.98. The third-order valence-corrected chi connectivity index (χ3v) is 6.53. The second kappa shape index (κ2) is 10.1. The van der Waals surface area contributed by atoms with Crippen LogP contribution >= 0.6 is 0 Å². The highest BCUT2D eigenvalue weighted by molar-refractivity contribution is 5.86. The molecule has 1 saturated carbocycles. The van der Waals surface area contributed by atoms with Crippen LogP contribution in [0, 0.1) is 5.92 Å². The van der Waals surface area contributed by atoms with Crippen LogP contribution in [-0.4, -0.2) is 24.6 Å². The molecule has 0 bridgehead atoms. The normalized spacial score (nSPS) is 19.1. The summed E-state index contributed by atoms with van der Waals surface area (Å²) in [6.07, 6.45) is 17.3. The van der Waals surface area contributed by atoms with Gasteiger partial charge in [-0.1, -0.05) is 64.2 Å². The maximum absolute atomic E-state index is 13.5. The first-order chi connectivity index (χ1) is 14.9. The Bertz CT molecular complexity index is 1000.